The number of carbonyl (C=O) groups is 2. The second-order valence-corrected chi connectivity index (χ2v) is 4.64. The largest absolute Gasteiger partial charge is 0.457 e. The Bertz CT molecular complexity index is 728. The van der Waals surface area contributed by atoms with Crippen molar-refractivity contribution in [3.63, 3.8) is 0 Å². The van der Waals surface area contributed by atoms with Gasteiger partial charge in [0.25, 0.3) is 0 Å². The van der Waals surface area contributed by atoms with Gasteiger partial charge in [0, 0.05) is 0 Å². The topological polar surface area (TPSA) is 71.0 Å². The smallest absolute Gasteiger partial charge is 0.344 e. The second-order valence-electron chi connectivity index (χ2n) is 4.64. The van der Waals surface area contributed by atoms with Crippen LogP contribution in [-0.2, 0) is 4.79 Å². The molecular weight excluding hydrogens is 282 g/mol. The highest BCUT2D eigenvalue weighted by atomic mass is 16.5. The summed E-state index contributed by atoms with van der Waals surface area (Å²) in [6, 6.07) is 16.2. The summed E-state index contributed by atoms with van der Waals surface area (Å²) in [7, 11) is 0. The molecule has 0 spiro atoms. The molecule has 22 heavy (non-hydrogen) atoms. The molecule has 3 rings (SSSR count). The molecule has 0 saturated carbocycles. The molecule has 1 heterocycles. The minimum absolute atomic E-state index is 0.0600. The van der Waals surface area contributed by atoms with Crippen LogP contribution in [0.15, 0.2) is 59.7 Å². The lowest BCUT2D eigenvalue weighted by Crippen LogP contribution is -2.24. The first-order valence-electron chi connectivity index (χ1n) is 6.69. The molecule has 1 fully saturated rings. The van der Waals surface area contributed by atoms with E-state index < -0.39 is 6.03 Å². The summed E-state index contributed by atoms with van der Waals surface area (Å²) in [6.07, 6.45) is 1.51. The van der Waals surface area contributed by atoms with Crippen LogP contribution in [0, 0.1) is 0 Å². The first-order valence-corrected chi connectivity index (χ1v) is 6.69. The maximum absolute atomic E-state index is 11.4. The van der Waals surface area contributed by atoms with Gasteiger partial charge >= 0.3 is 6.03 Å². The first-order chi connectivity index (χ1) is 10.7. The Morgan fingerprint density at radius 1 is 1.05 bits per heavy atom. The summed E-state index contributed by atoms with van der Waals surface area (Å²) in [5, 5.41) is 7.23. The number of hydrazone groups is 1. The second kappa shape index (κ2) is 6.09. The molecule has 0 aromatic heterocycles. The molecule has 1 aliphatic heterocycles. The van der Waals surface area contributed by atoms with Crippen molar-refractivity contribution in [1.82, 2.24) is 10.3 Å². The van der Waals surface area contributed by atoms with Crippen LogP contribution in [0.4, 0.5) is 4.79 Å². The molecule has 3 amide bonds. The van der Waals surface area contributed by atoms with E-state index >= 15 is 0 Å². The molecular formula is C16H13N3O3. The Labute approximate surface area is 127 Å². The third kappa shape index (κ3) is 3.29. The summed E-state index contributed by atoms with van der Waals surface area (Å²) < 4.78 is 5.72. The fourth-order valence-corrected chi connectivity index (χ4v) is 1.94. The lowest BCUT2D eigenvalue weighted by molar-refractivity contribution is -0.118. The maximum Gasteiger partial charge on any atom is 0.344 e. The molecule has 1 saturated heterocycles. The van der Waals surface area contributed by atoms with Crippen LogP contribution in [-0.4, -0.2) is 29.7 Å². The molecule has 2 aromatic carbocycles. The zero-order valence-electron chi connectivity index (χ0n) is 11.6. The lowest BCUT2D eigenvalue weighted by atomic mass is 10.2. The van der Waals surface area contributed by atoms with Gasteiger partial charge in [-0.3, -0.25) is 10.1 Å². The van der Waals surface area contributed by atoms with E-state index in [0.717, 1.165) is 16.3 Å². The quantitative estimate of drug-likeness (QED) is 0.695. The van der Waals surface area contributed by atoms with Gasteiger partial charge in [0.2, 0.25) is 5.91 Å². The van der Waals surface area contributed by atoms with Gasteiger partial charge < -0.3 is 4.74 Å². The number of hydrogen-bond acceptors (Lipinski definition) is 4. The average molecular weight is 295 g/mol. The highest BCUT2D eigenvalue weighted by Gasteiger charge is 2.25. The predicted octanol–water partition coefficient (Wildman–Crippen LogP) is 2.36. The van der Waals surface area contributed by atoms with E-state index in [1.807, 2.05) is 48.5 Å². The highest BCUT2D eigenvalue weighted by molar-refractivity contribution is 6.02. The van der Waals surface area contributed by atoms with Crippen molar-refractivity contribution >= 4 is 18.2 Å². The van der Waals surface area contributed by atoms with Gasteiger partial charge in [0.1, 0.15) is 18.0 Å². The van der Waals surface area contributed by atoms with Crippen molar-refractivity contribution in [1.29, 1.82) is 0 Å². The molecule has 0 radical (unpaired) electrons. The Balaban J connectivity index is 1.71. The van der Waals surface area contributed by atoms with Gasteiger partial charge in [-0.1, -0.05) is 30.3 Å². The molecule has 6 heteroatoms. The number of nitrogens with zero attached hydrogens (tertiary/aromatic N) is 2. The number of imide groups is 1. The van der Waals surface area contributed by atoms with E-state index in [-0.39, 0.29) is 12.5 Å². The Hall–Kier alpha value is -3.15. The van der Waals surface area contributed by atoms with Crippen molar-refractivity contribution in [3.8, 4) is 11.5 Å². The summed E-state index contributed by atoms with van der Waals surface area (Å²) in [5.74, 6) is 1.04. The number of urea groups is 1. The number of ether oxygens (including phenoxy) is 1. The van der Waals surface area contributed by atoms with Crippen LogP contribution in [0.3, 0.4) is 0 Å². The monoisotopic (exact) mass is 295 g/mol. The standard InChI is InChI=1S/C16H13N3O3/c20-15-11-19(16(21)18-15)17-10-12-5-4-8-14(9-12)22-13-6-2-1-3-7-13/h1-10H,11H2,(H,18,20,21)/b17-10+. The molecule has 0 unspecified atom stereocenters. The van der Waals surface area contributed by atoms with Crippen molar-refractivity contribution in [2.75, 3.05) is 6.54 Å². The number of carbonyl (C=O) groups excluding carboxylic acids is 2. The predicted molar refractivity (Wildman–Crippen MR) is 80.8 cm³/mol. The van der Waals surface area contributed by atoms with Crippen LogP contribution in [0.25, 0.3) is 0 Å². The fourth-order valence-electron chi connectivity index (χ4n) is 1.94. The van der Waals surface area contributed by atoms with Crippen LogP contribution in [0.1, 0.15) is 5.56 Å². The average Bonchev–Trinajstić information content (AvgIpc) is 2.84. The van der Waals surface area contributed by atoms with E-state index in [1.54, 1.807) is 6.07 Å². The van der Waals surface area contributed by atoms with Crippen molar-refractivity contribution in [2.24, 2.45) is 5.10 Å². The van der Waals surface area contributed by atoms with Crippen LogP contribution in [0.2, 0.25) is 0 Å². The maximum atomic E-state index is 11.4. The molecule has 0 atom stereocenters. The number of para-hydroxylation sites is 1. The Morgan fingerprint density at radius 2 is 1.82 bits per heavy atom. The van der Waals surface area contributed by atoms with Crippen molar-refractivity contribution in [2.45, 2.75) is 0 Å². The number of hydrogen-bond donors (Lipinski definition) is 1. The van der Waals surface area contributed by atoms with E-state index in [0.29, 0.717) is 5.75 Å². The number of benzene rings is 2. The van der Waals surface area contributed by atoms with Crippen LogP contribution in [0.5, 0.6) is 11.5 Å². The van der Waals surface area contributed by atoms with E-state index in [9.17, 15) is 9.59 Å². The minimum Gasteiger partial charge on any atom is -0.457 e. The number of nitrogens with one attached hydrogen (secondary N) is 1. The number of amides is 3. The van der Waals surface area contributed by atoms with Crippen molar-refractivity contribution in [3.05, 3.63) is 60.2 Å². The molecule has 1 N–H and O–H groups in total. The molecule has 0 bridgehead atoms. The van der Waals surface area contributed by atoms with Crippen LogP contribution >= 0.6 is 0 Å². The van der Waals surface area contributed by atoms with E-state index in [1.165, 1.54) is 6.21 Å². The first kappa shape index (κ1) is 13.8. The summed E-state index contributed by atoms with van der Waals surface area (Å²) in [4.78, 5) is 22.4. The molecule has 6 nitrogen and oxygen atoms in total. The van der Waals surface area contributed by atoms with Gasteiger partial charge in [-0.2, -0.15) is 5.10 Å². The minimum atomic E-state index is -0.516. The molecule has 1 aliphatic rings. The highest BCUT2D eigenvalue weighted by Crippen LogP contribution is 2.21. The molecule has 0 aliphatic carbocycles. The fraction of sp³-hybridized carbons (Fsp3) is 0.0625. The third-order valence-corrected chi connectivity index (χ3v) is 2.96. The van der Waals surface area contributed by atoms with Gasteiger partial charge in [-0.25, -0.2) is 9.80 Å². The zero-order valence-corrected chi connectivity index (χ0v) is 11.6. The van der Waals surface area contributed by atoms with Crippen molar-refractivity contribution < 1.29 is 14.3 Å². The molecule has 110 valence electrons. The Kier molecular flexibility index (Phi) is 3.82. The molecule has 2 aromatic rings. The van der Waals surface area contributed by atoms with E-state index in [4.69, 9.17) is 4.74 Å². The zero-order chi connectivity index (χ0) is 15.4. The van der Waals surface area contributed by atoms with Gasteiger partial charge in [-0.05, 0) is 29.8 Å². The summed E-state index contributed by atoms with van der Waals surface area (Å²) in [5.41, 5.74) is 0.764. The lowest BCUT2D eigenvalue weighted by Gasteiger charge is -2.07. The number of rotatable bonds is 4. The van der Waals surface area contributed by atoms with Crippen LogP contribution < -0.4 is 10.1 Å². The third-order valence-electron chi connectivity index (χ3n) is 2.96. The normalized spacial score (nSPS) is 14.5. The van der Waals surface area contributed by atoms with Gasteiger partial charge in [0.15, 0.2) is 0 Å². The van der Waals surface area contributed by atoms with E-state index in [2.05, 4.69) is 10.4 Å². The van der Waals surface area contributed by atoms with Gasteiger partial charge in [-0.15, -0.1) is 0 Å². The van der Waals surface area contributed by atoms with Gasteiger partial charge in [0.05, 0.1) is 6.21 Å². The summed E-state index contributed by atoms with van der Waals surface area (Å²) in [6.45, 7) is -0.0600. The summed E-state index contributed by atoms with van der Waals surface area (Å²) >= 11 is 0. The SMILES string of the molecule is O=C1CN(/N=C/c2cccc(Oc3ccccc3)c2)C(=O)N1. The Morgan fingerprint density at radius 3 is 2.55 bits per heavy atom.